The molecule has 1 heterocycles. The average molecular weight is 323 g/mol. The number of amides is 1. The van der Waals surface area contributed by atoms with Crippen LogP contribution in [-0.2, 0) is 27.2 Å². The van der Waals surface area contributed by atoms with Crippen LogP contribution in [0.4, 0.5) is 5.69 Å². The SMILES string of the molecule is CCOC(=O)[C@@]1(Cc2ccccc2)Cc2ccccc2N(C)C1=O. The predicted molar refractivity (Wildman–Crippen MR) is 92.8 cm³/mol. The van der Waals surface area contributed by atoms with E-state index in [1.54, 1.807) is 18.9 Å². The number of fused-ring (bicyclic) bond motifs is 1. The van der Waals surface area contributed by atoms with Crippen LogP contribution in [0.1, 0.15) is 18.1 Å². The first kappa shape index (κ1) is 16.2. The molecule has 0 fully saturated rings. The second-order valence-corrected chi connectivity index (χ2v) is 6.13. The lowest BCUT2D eigenvalue weighted by Crippen LogP contribution is -2.54. The number of rotatable bonds is 4. The van der Waals surface area contributed by atoms with Gasteiger partial charge in [0.05, 0.1) is 6.61 Å². The van der Waals surface area contributed by atoms with E-state index in [9.17, 15) is 9.59 Å². The van der Waals surface area contributed by atoms with Gasteiger partial charge in [0.15, 0.2) is 5.41 Å². The van der Waals surface area contributed by atoms with Crippen molar-refractivity contribution in [2.24, 2.45) is 5.41 Å². The summed E-state index contributed by atoms with van der Waals surface area (Å²) in [6, 6.07) is 17.3. The zero-order valence-corrected chi connectivity index (χ0v) is 14.0. The van der Waals surface area contributed by atoms with Crippen LogP contribution in [0.2, 0.25) is 0 Å². The Balaban J connectivity index is 2.08. The molecule has 1 aliphatic rings. The normalized spacial score (nSPS) is 19.8. The van der Waals surface area contributed by atoms with Gasteiger partial charge in [-0.2, -0.15) is 0 Å². The number of carbonyl (C=O) groups is 2. The van der Waals surface area contributed by atoms with E-state index in [0.29, 0.717) is 12.8 Å². The summed E-state index contributed by atoms with van der Waals surface area (Å²) in [6.07, 6.45) is 0.699. The first-order chi connectivity index (χ1) is 11.6. The van der Waals surface area contributed by atoms with Gasteiger partial charge in [0, 0.05) is 12.7 Å². The van der Waals surface area contributed by atoms with E-state index in [0.717, 1.165) is 16.8 Å². The van der Waals surface area contributed by atoms with Crippen molar-refractivity contribution in [1.82, 2.24) is 0 Å². The van der Waals surface area contributed by atoms with Crippen molar-refractivity contribution < 1.29 is 14.3 Å². The molecule has 4 heteroatoms. The summed E-state index contributed by atoms with van der Waals surface area (Å²) in [7, 11) is 1.72. The fraction of sp³-hybridized carbons (Fsp3) is 0.300. The number of esters is 1. The maximum atomic E-state index is 13.2. The van der Waals surface area contributed by atoms with Crippen molar-refractivity contribution in [2.75, 3.05) is 18.6 Å². The summed E-state index contributed by atoms with van der Waals surface area (Å²) in [4.78, 5) is 27.6. The highest BCUT2D eigenvalue weighted by Crippen LogP contribution is 2.40. The van der Waals surface area contributed by atoms with E-state index in [1.165, 1.54) is 0 Å². The first-order valence-corrected chi connectivity index (χ1v) is 8.15. The van der Waals surface area contributed by atoms with E-state index in [1.807, 2.05) is 54.6 Å². The molecule has 2 aromatic carbocycles. The summed E-state index contributed by atoms with van der Waals surface area (Å²) in [5.74, 6) is -0.649. The minimum Gasteiger partial charge on any atom is -0.465 e. The topological polar surface area (TPSA) is 46.6 Å². The largest absolute Gasteiger partial charge is 0.465 e. The first-order valence-electron chi connectivity index (χ1n) is 8.15. The Morgan fingerprint density at radius 2 is 1.79 bits per heavy atom. The highest BCUT2D eigenvalue weighted by Gasteiger charge is 2.52. The summed E-state index contributed by atoms with van der Waals surface area (Å²) in [5.41, 5.74) is 1.59. The molecule has 0 spiro atoms. The van der Waals surface area contributed by atoms with Crippen LogP contribution in [0.25, 0.3) is 0 Å². The number of ether oxygens (including phenoxy) is 1. The lowest BCUT2D eigenvalue weighted by molar-refractivity contribution is -0.160. The van der Waals surface area contributed by atoms with E-state index in [2.05, 4.69) is 0 Å². The van der Waals surface area contributed by atoms with Crippen molar-refractivity contribution in [3.63, 3.8) is 0 Å². The molecule has 0 aromatic heterocycles. The number of para-hydroxylation sites is 1. The Hall–Kier alpha value is -2.62. The smallest absolute Gasteiger partial charge is 0.322 e. The lowest BCUT2D eigenvalue weighted by Gasteiger charge is -2.39. The van der Waals surface area contributed by atoms with Crippen LogP contribution >= 0.6 is 0 Å². The number of carbonyl (C=O) groups excluding carboxylic acids is 2. The summed E-state index contributed by atoms with van der Waals surface area (Å²) in [6.45, 7) is 2.02. The van der Waals surface area contributed by atoms with Crippen molar-refractivity contribution in [3.8, 4) is 0 Å². The zero-order valence-electron chi connectivity index (χ0n) is 14.0. The highest BCUT2D eigenvalue weighted by atomic mass is 16.5. The number of anilines is 1. The molecule has 0 saturated carbocycles. The second-order valence-electron chi connectivity index (χ2n) is 6.13. The molecule has 0 N–H and O–H groups in total. The minimum atomic E-state index is -1.21. The Kier molecular flexibility index (Phi) is 4.38. The van der Waals surface area contributed by atoms with Gasteiger partial charge >= 0.3 is 5.97 Å². The molecule has 24 heavy (non-hydrogen) atoms. The number of nitrogens with zero attached hydrogens (tertiary/aromatic N) is 1. The second kappa shape index (κ2) is 6.48. The molecule has 4 nitrogen and oxygen atoms in total. The molecule has 0 radical (unpaired) electrons. The van der Waals surface area contributed by atoms with Crippen LogP contribution in [-0.4, -0.2) is 25.5 Å². The van der Waals surface area contributed by atoms with Gasteiger partial charge in [0.2, 0.25) is 5.91 Å². The van der Waals surface area contributed by atoms with E-state index < -0.39 is 11.4 Å². The molecule has 124 valence electrons. The molecule has 1 aliphatic heterocycles. The molecule has 0 saturated heterocycles. The van der Waals surface area contributed by atoms with Crippen LogP contribution in [0.5, 0.6) is 0 Å². The van der Waals surface area contributed by atoms with E-state index in [4.69, 9.17) is 4.74 Å². The maximum absolute atomic E-state index is 13.2. The molecular formula is C20H21NO3. The fourth-order valence-electron chi connectivity index (χ4n) is 3.40. The molecule has 0 unspecified atom stereocenters. The Labute approximate surface area is 142 Å². The summed E-state index contributed by atoms with van der Waals surface area (Å²) < 4.78 is 5.30. The van der Waals surface area contributed by atoms with Crippen molar-refractivity contribution >= 4 is 17.6 Å². The Morgan fingerprint density at radius 3 is 2.50 bits per heavy atom. The lowest BCUT2D eigenvalue weighted by atomic mass is 9.72. The van der Waals surface area contributed by atoms with Gasteiger partial charge in [-0.25, -0.2) is 0 Å². The van der Waals surface area contributed by atoms with Crippen LogP contribution < -0.4 is 4.90 Å². The van der Waals surface area contributed by atoms with Crippen molar-refractivity contribution in [3.05, 3.63) is 65.7 Å². The van der Waals surface area contributed by atoms with Crippen molar-refractivity contribution in [1.29, 1.82) is 0 Å². The molecule has 0 bridgehead atoms. The third-order valence-electron chi connectivity index (χ3n) is 4.57. The number of hydrogen-bond donors (Lipinski definition) is 0. The van der Waals surface area contributed by atoms with E-state index >= 15 is 0 Å². The number of hydrogen-bond acceptors (Lipinski definition) is 3. The van der Waals surface area contributed by atoms with Gasteiger partial charge in [0.1, 0.15) is 0 Å². The van der Waals surface area contributed by atoms with Gasteiger partial charge < -0.3 is 9.64 Å². The molecule has 1 amide bonds. The summed E-state index contributed by atoms with van der Waals surface area (Å²) >= 11 is 0. The van der Waals surface area contributed by atoms with Crippen molar-refractivity contribution in [2.45, 2.75) is 19.8 Å². The van der Waals surface area contributed by atoms with Gasteiger partial charge in [-0.3, -0.25) is 9.59 Å². The monoisotopic (exact) mass is 323 g/mol. The van der Waals surface area contributed by atoms with Gasteiger partial charge in [-0.05, 0) is 37.0 Å². The third-order valence-corrected chi connectivity index (χ3v) is 4.57. The average Bonchev–Trinajstić information content (AvgIpc) is 2.60. The molecule has 1 atom stereocenters. The molecular weight excluding hydrogens is 302 g/mol. The highest BCUT2D eigenvalue weighted by molar-refractivity contribution is 6.12. The quantitative estimate of drug-likeness (QED) is 0.642. The Bertz CT molecular complexity index is 756. The molecule has 0 aliphatic carbocycles. The summed E-state index contributed by atoms with van der Waals surface area (Å²) in [5, 5.41) is 0. The maximum Gasteiger partial charge on any atom is 0.322 e. The fourth-order valence-corrected chi connectivity index (χ4v) is 3.40. The van der Waals surface area contributed by atoms with Crippen LogP contribution in [0.3, 0.4) is 0 Å². The standard InChI is InChI=1S/C20H21NO3/c1-3-24-19(23)20(13-15-9-5-4-6-10-15)14-16-11-7-8-12-17(16)21(2)18(20)22/h4-12H,3,13-14H2,1-2H3/t20-/m0/s1. The van der Waals surface area contributed by atoms with Gasteiger partial charge in [-0.15, -0.1) is 0 Å². The minimum absolute atomic E-state index is 0.205. The van der Waals surface area contributed by atoms with Gasteiger partial charge in [0.25, 0.3) is 0 Å². The van der Waals surface area contributed by atoms with E-state index in [-0.39, 0.29) is 12.5 Å². The molecule has 2 aromatic rings. The zero-order chi connectivity index (χ0) is 17.2. The van der Waals surface area contributed by atoms with Crippen LogP contribution in [0.15, 0.2) is 54.6 Å². The Morgan fingerprint density at radius 1 is 1.12 bits per heavy atom. The number of benzene rings is 2. The predicted octanol–water partition coefficient (Wildman–Crippen LogP) is 3.00. The van der Waals surface area contributed by atoms with Crippen LogP contribution in [0, 0.1) is 5.41 Å². The van der Waals surface area contributed by atoms with Gasteiger partial charge in [-0.1, -0.05) is 48.5 Å². The molecule has 3 rings (SSSR count). The third kappa shape index (κ3) is 2.68.